The standard InChI is InChI=1S/C19H16N2O2S/c1-14-7-9-15(10-8-14)19(22)21-20-13-16-11-12-18(23-16)24-17-5-3-2-4-6-17/h2-13H,1H3,(H,21,22)/b20-13-. The molecular formula is C19H16N2O2S. The van der Waals surface area contributed by atoms with Crippen LogP contribution < -0.4 is 5.43 Å². The van der Waals surface area contributed by atoms with Gasteiger partial charge in [0.2, 0.25) is 0 Å². The predicted octanol–water partition coefficient (Wildman–Crippen LogP) is 4.50. The number of nitrogens with one attached hydrogen (secondary N) is 1. The minimum atomic E-state index is -0.253. The molecular weight excluding hydrogens is 320 g/mol. The monoisotopic (exact) mass is 336 g/mol. The Bertz CT molecular complexity index is 839. The van der Waals surface area contributed by atoms with E-state index in [1.165, 1.54) is 18.0 Å². The summed E-state index contributed by atoms with van der Waals surface area (Å²) in [5, 5.41) is 4.70. The molecule has 0 radical (unpaired) electrons. The molecule has 1 heterocycles. The second-order valence-corrected chi connectivity index (χ2v) is 6.21. The van der Waals surface area contributed by atoms with Gasteiger partial charge in [-0.1, -0.05) is 47.7 Å². The van der Waals surface area contributed by atoms with Crippen molar-refractivity contribution in [2.75, 3.05) is 0 Å². The molecule has 5 heteroatoms. The summed E-state index contributed by atoms with van der Waals surface area (Å²) in [5.41, 5.74) is 4.16. The maximum Gasteiger partial charge on any atom is 0.271 e. The molecule has 2 aromatic carbocycles. The molecule has 3 rings (SSSR count). The van der Waals surface area contributed by atoms with Crippen LogP contribution in [0.2, 0.25) is 0 Å². The fourth-order valence-corrected chi connectivity index (χ4v) is 2.79. The Hall–Kier alpha value is -2.79. The zero-order chi connectivity index (χ0) is 16.8. The Labute approximate surface area is 144 Å². The van der Waals surface area contributed by atoms with Crippen molar-refractivity contribution >= 4 is 23.9 Å². The first kappa shape index (κ1) is 16.1. The van der Waals surface area contributed by atoms with Crippen LogP contribution in [0.4, 0.5) is 0 Å². The molecule has 0 saturated heterocycles. The molecule has 4 nitrogen and oxygen atoms in total. The van der Waals surface area contributed by atoms with Crippen LogP contribution in [0.25, 0.3) is 0 Å². The highest BCUT2D eigenvalue weighted by Gasteiger charge is 2.04. The smallest absolute Gasteiger partial charge is 0.271 e. The molecule has 1 amide bonds. The average Bonchev–Trinajstić information content (AvgIpc) is 3.03. The van der Waals surface area contributed by atoms with Gasteiger partial charge in [-0.25, -0.2) is 5.43 Å². The summed E-state index contributed by atoms with van der Waals surface area (Å²) in [7, 11) is 0. The summed E-state index contributed by atoms with van der Waals surface area (Å²) in [6.45, 7) is 1.97. The van der Waals surface area contributed by atoms with Crippen LogP contribution in [0, 0.1) is 6.92 Å². The molecule has 0 aliphatic rings. The minimum absolute atomic E-state index is 0.253. The second-order valence-electron chi connectivity index (χ2n) is 5.14. The Morgan fingerprint density at radius 1 is 1.04 bits per heavy atom. The lowest BCUT2D eigenvalue weighted by Gasteiger charge is -1.99. The first-order valence-corrected chi connectivity index (χ1v) is 8.25. The van der Waals surface area contributed by atoms with Gasteiger partial charge in [0.1, 0.15) is 5.76 Å². The topological polar surface area (TPSA) is 54.6 Å². The Morgan fingerprint density at radius 3 is 2.54 bits per heavy atom. The molecule has 1 N–H and O–H groups in total. The highest BCUT2D eigenvalue weighted by molar-refractivity contribution is 7.99. The molecule has 0 saturated carbocycles. The van der Waals surface area contributed by atoms with Gasteiger partial charge in [-0.3, -0.25) is 4.79 Å². The molecule has 0 aliphatic heterocycles. The highest BCUT2D eigenvalue weighted by Crippen LogP contribution is 2.28. The Kier molecular flexibility index (Phi) is 5.13. The van der Waals surface area contributed by atoms with E-state index in [9.17, 15) is 4.79 Å². The summed E-state index contributed by atoms with van der Waals surface area (Å²) < 4.78 is 5.65. The molecule has 0 spiro atoms. The van der Waals surface area contributed by atoms with Crippen molar-refractivity contribution in [2.24, 2.45) is 5.10 Å². The van der Waals surface area contributed by atoms with E-state index in [0.717, 1.165) is 15.6 Å². The number of carbonyl (C=O) groups is 1. The van der Waals surface area contributed by atoms with Gasteiger partial charge in [0, 0.05) is 10.5 Å². The number of hydrogen-bond donors (Lipinski definition) is 1. The molecule has 24 heavy (non-hydrogen) atoms. The summed E-state index contributed by atoms with van der Waals surface area (Å²) in [6, 6.07) is 21.0. The lowest BCUT2D eigenvalue weighted by molar-refractivity contribution is 0.0955. The lowest BCUT2D eigenvalue weighted by atomic mass is 10.1. The number of aryl methyl sites for hydroxylation is 1. The van der Waals surface area contributed by atoms with E-state index >= 15 is 0 Å². The van der Waals surface area contributed by atoms with Gasteiger partial charge in [0.25, 0.3) is 5.91 Å². The third kappa shape index (κ3) is 4.36. The zero-order valence-electron chi connectivity index (χ0n) is 13.1. The molecule has 0 aliphatic carbocycles. The maximum atomic E-state index is 11.9. The van der Waals surface area contributed by atoms with E-state index in [4.69, 9.17) is 4.42 Å². The first-order valence-electron chi connectivity index (χ1n) is 7.43. The van der Waals surface area contributed by atoms with Gasteiger partial charge in [0.15, 0.2) is 5.09 Å². The van der Waals surface area contributed by atoms with Crippen molar-refractivity contribution in [3.8, 4) is 0 Å². The number of furan rings is 1. The van der Waals surface area contributed by atoms with E-state index in [0.29, 0.717) is 11.3 Å². The summed E-state index contributed by atoms with van der Waals surface area (Å²) in [6.07, 6.45) is 1.49. The Balaban J connectivity index is 1.57. The minimum Gasteiger partial charge on any atom is -0.448 e. The summed E-state index contributed by atoms with van der Waals surface area (Å²) >= 11 is 1.53. The number of rotatable bonds is 5. The van der Waals surface area contributed by atoms with Crippen molar-refractivity contribution in [3.05, 3.63) is 83.6 Å². The molecule has 120 valence electrons. The molecule has 0 unspecified atom stereocenters. The maximum absolute atomic E-state index is 11.9. The van der Waals surface area contributed by atoms with Crippen LogP contribution in [0.5, 0.6) is 0 Å². The molecule has 1 aromatic heterocycles. The fourth-order valence-electron chi connectivity index (χ4n) is 1.99. The molecule has 0 atom stereocenters. The van der Waals surface area contributed by atoms with Crippen molar-refractivity contribution in [1.82, 2.24) is 5.43 Å². The number of carbonyl (C=O) groups excluding carboxylic acids is 1. The van der Waals surface area contributed by atoms with Gasteiger partial charge < -0.3 is 4.42 Å². The van der Waals surface area contributed by atoms with E-state index in [-0.39, 0.29) is 5.91 Å². The molecule has 3 aromatic rings. The van der Waals surface area contributed by atoms with Crippen LogP contribution in [0.3, 0.4) is 0 Å². The quantitative estimate of drug-likeness (QED) is 0.551. The van der Waals surface area contributed by atoms with Gasteiger partial charge >= 0.3 is 0 Å². The fraction of sp³-hybridized carbons (Fsp3) is 0.0526. The molecule has 0 fully saturated rings. The number of nitrogens with zero attached hydrogens (tertiary/aromatic N) is 1. The van der Waals surface area contributed by atoms with Crippen molar-refractivity contribution in [2.45, 2.75) is 16.9 Å². The normalized spacial score (nSPS) is 10.9. The second kappa shape index (κ2) is 7.66. The van der Waals surface area contributed by atoms with Gasteiger partial charge in [0.05, 0.1) is 6.21 Å². The number of amides is 1. The van der Waals surface area contributed by atoms with Gasteiger partial charge in [-0.2, -0.15) is 5.10 Å². The first-order chi connectivity index (χ1) is 11.7. The average molecular weight is 336 g/mol. The SMILES string of the molecule is Cc1ccc(C(=O)N/N=C\c2ccc(Sc3ccccc3)o2)cc1. The number of benzene rings is 2. The largest absolute Gasteiger partial charge is 0.448 e. The van der Waals surface area contributed by atoms with E-state index in [2.05, 4.69) is 10.5 Å². The van der Waals surface area contributed by atoms with Crippen LogP contribution in [0.1, 0.15) is 21.7 Å². The van der Waals surface area contributed by atoms with E-state index in [1.54, 1.807) is 12.1 Å². The Morgan fingerprint density at radius 2 is 1.79 bits per heavy atom. The number of hydrazone groups is 1. The third-order valence-electron chi connectivity index (χ3n) is 3.24. The van der Waals surface area contributed by atoms with Crippen LogP contribution in [0.15, 0.2) is 86.2 Å². The zero-order valence-corrected chi connectivity index (χ0v) is 13.9. The lowest BCUT2D eigenvalue weighted by Crippen LogP contribution is -2.17. The third-order valence-corrected chi connectivity index (χ3v) is 4.16. The van der Waals surface area contributed by atoms with Crippen molar-refractivity contribution in [1.29, 1.82) is 0 Å². The highest BCUT2D eigenvalue weighted by atomic mass is 32.2. The van der Waals surface area contributed by atoms with Crippen LogP contribution in [-0.2, 0) is 0 Å². The van der Waals surface area contributed by atoms with Crippen molar-refractivity contribution in [3.63, 3.8) is 0 Å². The van der Waals surface area contributed by atoms with E-state index < -0.39 is 0 Å². The van der Waals surface area contributed by atoms with Gasteiger partial charge in [-0.15, -0.1) is 0 Å². The van der Waals surface area contributed by atoms with Crippen molar-refractivity contribution < 1.29 is 9.21 Å². The summed E-state index contributed by atoms with van der Waals surface area (Å²) in [5.74, 6) is 0.328. The summed E-state index contributed by atoms with van der Waals surface area (Å²) in [4.78, 5) is 13.0. The molecule has 0 bridgehead atoms. The predicted molar refractivity (Wildman–Crippen MR) is 95.5 cm³/mol. The van der Waals surface area contributed by atoms with Gasteiger partial charge in [-0.05, 0) is 43.3 Å². The van der Waals surface area contributed by atoms with Crippen LogP contribution >= 0.6 is 11.8 Å². The number of hydrogen-bond acceptors (Lipinski definition) is 4. The van der Waals surface area contributed by atoms with E-state index in [1.807, 2.05) is 61.5 Å². The van der Waals surface area contributed by atoms with Crippen LogP contribution in [-0.4, -0.2) is 12.1 Å².